The van der Waals surface area contributed by atoms with Gasteiger partial charge in [0.05, 0.1) is 12.1 Å². The van der Waals surface area contributed by atoms with Gasteiger partial charge >= 0.3 is 0 Å². The van der Waals surface area contributed by atoms with Gasteiger partial charge in [0.25, 0.3) is 0 Å². The Morgan fingerprint density at radius 3 is 2.69 bits per heavy atom. The zero-order valence-corrected chi connectivity index (χ0v) is 8.42. The first-order valence-corrected chi connectivity index (χ1v) is 4.46. The number of aliphatic hydroxyl groups excluding tert-OH is 1. The second-order valence-corrected chi connectivity index (χ2v) is 3.52. The van der Waals surface area contributed by atoms with Crippen LogP contribution in [0.25, 0.3) is 0 Å². The highest BCUT2D eigenvalue weighted by Crippen LogP contribution is 2.19. The average Bonchev–Trinajstić information content (AvgIpc) is 2.03. The molecule has 0 bridgehead atoms. The number of aliphatic hydroxyl groups is 1. The lowest BCUT2D eigenvalue weighted by atomic mass is 10.0. The summed E-state index contributed by atoms with van der Waals surface area (Å²) < 4.78 is 0. The molecule has 0 fully saturated rings. The fraction of sp³-hybridized carbons (Fsp3) is 0.444. The number of nitrogens with two attached hydrogens (primary N) is 1. The van der Waals surface area contributed by atoms with Crippen LogP contribution in [0.4, 0.5) is 0 Å². The fourth-order valence-corrected chi connectivity index (χ4v) is 1.35. The summed E-state index contributed by atoms with van der Waals surface area (Å²) in [5, 5.41) is 9.73. The van der Waals surface area contributed by atoms with E-state index in [1.807, 2.05) is 6.92 Å². The standard InChI is InChI=1S/C9H13ClN2O/c1-5-3-8(10)12-4-7(5)9(11)6(2)13/h3-4,6,9,13H,11H2,1-2H3/t6-,9+/m1/s1. The predicted octanol–water partition coefficient (Wildman–Crippen LogP) is 1.42. The third-order valence-corrected chi connectivity index (χ3v) is 2.20. The third-order valence-electron chi connectivity index (χ3n) is 2.00. The minimum atomic E-state index is -0.582. The van der Waals surface area contributed by atoms with E-state index in [1.165, 1.54) is 0 Å². The van der Waals surface area contributed by atoms with E-state index >= 15 is 0 Å². The molecule has 0 saturated carbocycles. The van der Waals surface area contributed by atoms with Crippen molar-refractivity contribution in [2.75, 3.05) is 0 Å². The van der Waals surface area contributed by atoms with Gasteiger partial charge in [0.1, 0.15) is 5.15 Å². The number of nitrogens with zero attached hydrogens (tertiary/aromatic N) is 1. The molecule has 3 nitrogen and oxygen atoms in total. The molecule has 72 valence electrons. The van der Waals surface area contributed by atoms with Crippen molar-refractivity contribution < 1.29 is 5.11 Å². The van der Waals surface area contributed by atoms with Crippen molar-refractivity contribution in [1.82, 2.24) is 4.98 Å². The van der Waals surface area contributed by atoms with Crippen LogP contribution < -0.4 is 5.73 Å². The molecule has 0 aromatic carbocycles. The fourth-order valence-electron chi connectivity index (χ4n) is 1.14. The van der Waals surface area contributed by atoms with Crippen LogP contribution >= 0.6 is 11.6 Å². The van der Waals surface area contributed by atoms with Gasteiger partial charge in [0, 0.05) is 6.20 Å². The van der Waals surface area contributed by atoms with Gasteiger partial charge in [0.2, 0.25) is 0 Å². The monoisotopic (exact) mass is 200 g/mol. The van der Waals surface area contributed by atoms with Crippen LogP contribution in [0, 0.1) is 6.92 Å². The van der Waals surface area contributed by atoms with Crippen molar-refractivity contribution in [1.29, 1.82) is 0 Å². The van der Waals surface area contributed by atoms with Crippen LogP contribution in [0.2, 0.25) is 5.15 Å². The SMILES string of the molecule is Cc1cc(Cl)ncc1[C@@H](N)[C@@H](C)O. The molecule has 3 N–H and O–H groups in total. The molecule has 0 aliphatic heterocycles. The number of aromatic nitrogens is 1. The Morgan fingerprint density at radius 2 is 2.23 bits per heavy atom. The van der Waals surface area contributed by atoms with E-state index < -0.39 is 12.1 Å². The van der Waals surface area contributed by atoms with Gasteiger partial charge in [-0.2, -0.15) is 0 Å². The number of hydrogen-bond donors (Lipinski definition) is 2. The van der Waals surface area contributed by atoms with E-state index in [0.29, 0.717) is 5.15 Å². The second kappa shape index (κ2) is 4.05. The molecule has 0 aliphatic carbocycles. The molecule has 2 atom stereocenters. The number of aryl methyl sites for hydroxylation is 1. The van der Waals surface area contributed by atoms with Crippen LogP contribution in [0.15, 0.2) is 12.3 Å². The zero-order chi connectivity index (χ0) is 10.0. The third kappa shape index (κ3) is 2.40. The molecule has 0 spiro atoms. The predicted molar refractivity (Wildman–Crippen MR) is 52.6 cm³/mol. The minimum absolute atomic E-state index is 0.398. The van der Waals surface area contributed by atoms with E-state index in [2.05, 4.69) is 4.98 Å². The van der Waals surface area contributed by atoms with Crippen LogP contribution in [0.1, 0.15) is 24.1 Å². The lowest BCUT2D eigenvalue weighted by Gasteiger charge is -2.16. The molecule has 1 rings (SSSR count). The second-order valence-electron chi connectivity index (χ2n) is 3.13. The number of hydrogen-bond acceptors (Lipinski definition) is 3. The Balaban J connectivity index is 3.01. The van der Waals surface area contributed by atoms with E-state index in [1.54, 1.807) is 19.2 Å². The number of pyridine rings is 1. The highest BCUT2D eigenvalue weighted by molar-refractivity contribution is 6.29. The average molecular weight is 201 g/mol. The normalized spacial score (nSPS) is 15.5. The molecular weight excluding hydrogens is 188 g/mol. The van der Waals surface area contributed by atoms with E-state index in [4.69, 9.17) is 17.3 Å². The molecular formula is C9H13ClN2O. The summed E-state index contributed by atoms with van der Waals surface area (Å²) in [4.78, 5) is 3.92. The summed E-state index contributed by atoms with van der Waals surface area (Å²) >= 11 is 5.69. The minimum Gasteiger partial charge on any atom is -0.391 e. The summed E-state index contributed by atoms with van der Waals surface area (Å²) in [5.41, 5.74) is 7.54. The molecule has 0 aliphatic rings. The first kappa shape index (κ1) is 10.4. The molecule has 1 aromatic heterocycles. The van der Waals surface area contributed by atoms with E-state index in [-0.39, 0.29) is 0 Å². The summed E-state index contributed by atoms with van der Waals surface area (Å²) in [5.74, 6) is 0. The van der Waals surface area contributed by atoms with Gasteiger partial charge in [-0.25, -0.2) is 4.98 Å². The quantitative estimate of drug-likeness (QED) is 0.710. The molecule has 0 unspecified atom stereocenters. The van der Waals surface area contributed by atoms with Gasteiger partial charge in [-0.1, -0.05) is 11.6 Å². The lowest BCUT2D eigenvalue weighted by Crippen LogP contribution is -2.24. The first-order valence-electron chi connectivity index (χ1n) is 4.08. The topological polar surface area (TPSA) is 59.1 Å². The maximum Gasteiger partial charge on any atom is 0.129 e. The Morgan fingerprint density at radius 1 is 1.62 bits per heavy atom. The van der Waals surface area contributed by atoms with Gasteiger partial charge in [-0.15, -0.1) is 0 Å². The molecule has 0 radical (unpaired) electrons. The van der Waals surface area contributed by atoms with Crippen LogP contribution in [0.3, 0.4) is 0 Å². The summed E-state index contributed by atoms with van der Waals surface area (Å²) in [6.07, 6.45) is 1.02. The van der Waals surface area contributed by atoms with Gasteiger partial charge in [-0.3, -0.25) is 0 Å². The highest BCUT2D eigenvalue weighted by atomic mass is 35.5. The van der Waals surface area contributed by atoms with Crippen LogP contribution in [-0.2, 0) is 0 Å². The Kier molecular flexibility index (Phi) is 3.25. The maximum absolute atomic E-state index is 9.28. The van der Waals surface area contributed by atoms with Crippen molar-refractivity contribution in [3.63, 3.8) is 0 Å². The van der Waals surface area contributed by atoms with Crippen molar-refractivity contribution in [2.45, 2.75) is 26.0 Å². The maximum atomic E-state index is 9.28. The van der Waals surface area contributed by atoms with Crippen molar-refractivity contribution in [3.05, 3.63) is 28.5 Å². The summed E-state index contributed by atoms with van der Waals surface area (Å²) in [6, 6.07) is 1.34. The summed E-state index contributed by atoms with van der Waals surface area (Å²) in [6.45, 7) is 3.55. The largest absolute Gasteiger partial charge is 0.391 e. The lowest BCUT2D eigenvalue weighted by molar-refractivity contribution is 0.164. The number of halogens is 1. The molecule has 1 aromatic rings. The summed E-state index contributed by atoms with van der Waals surface area (Å²) in [7, 11) is 0. The van der Waals surface area contributed by atoms with Gasteiger partial charge in [0.15, 0.2) is 0 Å². The molecule has 4 heteroatoms. The van der Waals surface area contributed by atoms with Gasteiger partial charge < -0.3 is 10.8 Å². The van der Waals surface area contributed by atoms with E-state index in [0.717, 1.165) is 11.1 Å². The number of rotatable bonds is 2. The molecule has 13 heavy (non-hydrogen) atoms. The van der Waals surface area contributed by atoms with Crippen LogP contribution in [-0.4, -0.2) is 16.2 Å². The van der Waals surface area contributed by atoms with Crippen molar-refractivity contribution >= 4 is 11.6 Å². The van der Waals surface area contributed by atoms with Crippen molar-refractivity contribution in [2.24, 2.45) is 5.73 Å². The van der Waals surface area contributed by atoms with Gasteiger partial charge in [-0.05, 0) is 31.0 Å². The Bertz CT molecular complexity index is 302. The Labute approximate surface area is 82.5 Å². The van der Waals surface area contributed by atoms with Crippen molar-refractivity contribution in [3.8, 4) is 0 Å². The highest BCUT2D eigenvalue weighted by Gasteiger charge is 2.14. The van der Waals surface area contributed by atoms with Crippen LogP contribution in [0.5, 0.6) is 0 Å². The molecule has 0 amide bonds. The first-order chi connectivity index (χ1) is 6.02. The smallest absolute Gasteiger partial charge is 0.129 e. The molecule has 1 heterocycles. The van der Waals surface area contributed by atoms with E-state index in [9.17, 15) is 5.11 Å². The Hall–Kier alpha value is -0.640. The molecule has 0 saturated heterocycles. The zero-order valence-electron chi connectivity index (χ0n) is 7.66.